The summed E-state index contributed by atoms with van der Waals surface area (Å²) in [5.41, 5.74) is 0.987. The van der Waals surface area contributed by atoms with Crippen molar-refractivity contribution in [3.05, 3.63) is 33.8 Å². The first-order valence-electron chi connectivity index (χ1n) is 6.05. The molecule has 0 aliphatic rings. The van der Waals surface area contributed by atoms with Crippen molar-refractivity contribution < 1.29 is 4.79 Å². The first kappa shape index (κ1) is 15.1. The maximum absolute atomic E-state index is 11.7. The van der Waals surface area contributed by atoms with Gasteiger partial charge in [-0.1, -0.05) is 29.3 Å². The summed E-state index contributed by atoms with van der Waals surface area (Å²) in [7, 11) is 0. The zero-order valence-electron chi connectivity index (χ0n) is 10.7. The van der Waals surface area contributed by atoms with E-state index >= 15 is 0 Å². The normalized spacial score (nSPS) is 10.2. The van der Waals surface area contributed by atoms with Crippen molar-refractivity contribution in [2.45, 2.75) is 20.3 Å². The Labute approximate surface area is 118 Å². The van der Waals surface area contributed by atoms with Crippen molar-refractivity contribution in [1.82, 2.24) is 10.2 Å². The van der Waals surface area contributed by atoms with Crippen LogP contribution in [0.3, 0.4) is 0 Å². The SMILES string of the molecule is CCN(CC)C(=O)NCCc1ccc(Cl)cc1Cl. The van der Waals surface area contributed by atoms with E-state index < -0.39 is 0 Å². The van der Waals surface area contributed by atoms with Crippen LogP contribution in [0, 0.1) is 0 Å². The molecule has 0 bridgehead atoms. The second kappa shape index (κ2) is 7.49. The highest BCUT2D eigenvalue weighted by Crippen LogP contribution is 2.20. The van der Waals surface area contributed by atoms with Crippen molar-refractivity contribution in [3.8, 4) is 0 Å². The molecule has 0 atom stereocenters. The van der Waals surface area contributed by atoms with Crippen molar-refractivity contribution in [2.75, 3.05) is 19.6 Å². The number of benzene rings is 1. The number of urea groups is 1. The summed E-state index contributed by atoms with van der Waals surface area (Å²) in [6.45, 7) is 5.91. The third kappa shape index (κ3) is 4.39. The second-order valence-corrected chi connectivity index (χ2v) is 4.73. The minimum atomic E-state index is -0.0370. The largest absolute Gasteiger partial charge is 0.338 e. The van der Waals surface area contributed by atoms with Gasteiger partial charge in [0.05, 0.1) is 0 Å². The zero-order valence-corrected chi connectivity index (χ0v) is 12.2. The smallest absolute Gasteiger partial charge is 0.317 e. The van der Waals surface area contributed by atoms with Gasteiger partial charge in [-0.3, -0.25) is 0 Å². The van der Waals surface area contributed by atoms with Gasteiger partial charge in [-0.05, 0) is 38.0 Å². The molecule has 2 amide bonds. The van der Waals surface area contributed by atoms with Crippen molar-refractivity contribution >= 4 is 29.2 Å². The summed E-state index contributed by atoms with van der Waals surface area (Å²) >= 11 is 11.9. The van der Waals surface area contributed by atoms with Crippen LogP contribution in [-0.4, -0.2) is 30.6 Å². The number of nitrogens with one attached hydrogen (secondary N) is 1. The zero-order chi connectivity index (χ0) is 13.5. The number of hydrogen-bond donors (Lipinski definition) is 1. The molecule has 0 aromatic heterocycles. The van der Waals surface area contributed by atoms with E-state index in [9.17, 15) is 4.79 Å². The number of amides is 2. The van der Waals surface area contributed by atoms with E-state index in [1.807, 2.05) is 19.9 Å². The molecule has 1 rings (SSSR count). The minimum absolute atomic E-state index is 0.0370. The van der Waals surface area contributed by atoms with E-state index in [4.69, 9.17) is 23.2 Å². The summed E-state index contributed by atoms with van der Waals surface area (Å²) in [4.78, 5) is 13.4. The molecular weight excluding hydrogens is 271 g/mol. The molecule has 1 N–H and O–H groups in total. The lowest BCUT2D eigenvalue weighted by Gasteiger charge is -2.19. The summed E-state index contributed by atoms with van der Waals surface area (Å²) in [6.07, 6.45) is 0.697. The first-order valence-corrected chi connectivity index (χ1v) is 6.80. The van der Waals surface area contributed by atoms with Crippen LogP contribution in [0.2, 0.25) is 10.0 Å². The Morgan fingerprint density at radius 3 is 2.50 bits per heavy atom. The Balaban J connectivity index is 2.44. The Hall–Kier alpha value is -0.930. The van der Waals surface area contributed by atoms with Gasteiger partial charge in [-0.2, -0.15) is 0 Å². The quantitative estimate of drug-likeness (QED) is 0.882. The molecule has 0 radical (unpaired) electrons. The van der Waals surface area contributed by atoms with E-state index in [0.717, 1.165) is 5.56 Å². The fraction of sp³-hybridized carbons (Fsp3) is 0.462. The Bertz CT molecular complexity index is 406. The van der Waals surface area contributed by atoms with Crippen LogP contribution in [0.4, 0.5) is 4.79 Å². The molecule has 3 nitrogen and oxygen atoms in total. The van der Waals surface area contributed by atoms with Gasteiger partial charge in [-0.15, -0.1) is 0 Å². The van der Waals surface area contributed by atoms with Gasteiger partial charge in [0.2, 0.25) is 0 Å². The molecule has 0 unspecified atom stereocenters. The van der Waals surface area contributed by atoms with E-state index in [0.29, 0.717) is 36.1 Å². The summed E-state index contributed by atoms with van der Waals surface area (Å²) in [5, 5.41) is 4.13. The number of carbonyl (C=O) groups is 1. The average Bonchev–Trinajstić information content (AvgIpc) is 2.33. The average molecular weight is 289 g/mol. The Morgan fingerprint density at radius 1 is 1.28 bits per heavy atom. The highest BCUT2D eigenvalue weighted by molar-refractivity contribution is 6.35. The van der Waals surface area contributed by atoms with Crippen LogP contribution in [0.25, 0.3) is 0 Å². The fourth-order valence-electron chi connectivity index (χ4n) is 1.65. The van der Waals surface area contributed by atoms with E-state index in [2.05, 4.69) is 5.32 Å². The van der Waals surface area contributed by atoms with E-state index in [1.165, 1.54) is 0 Å². The maximum atomic E-state index is 11.7. The summed E-state index contributed by atoms with van der Waals surface area (Å²) < 4.78 is 0. The molecule has 5 heteroatoms. The van der Waals surface area contributed by atoms with Gasteiger partial charge < -0.3 is 10.2 Å². The van der Waals surface area contributed by atoms with Crippen LogP contribution in [0.1, 0.15) is 19.4 Å². The lowest BCUT2D eigenvalue weighted by atomic mass is 10.1. The van der Waals surface area contributed by atoms with Crippen molar-refractivity contribution in [3.63, 3.8) is 0 Å². The predicted octanol–water partition coefficient (Wildman–Crippen LogP) is 3.59. The van der Waals surface area contributed by atoms with Gasteiger partial charge >= 0.3 is 6.03 Å². The Morgan fingerprint density at radius 2 is 1.94 bits per heavy atom. The monoisotopic (exact) mass is 288 g/mol. The van der Waals surface area contributed by atoms with Crippen LogP contribution in [0.15, 0.2) is 18.2 Å². The molecule has 0 aliphatic carbocycles. The third-order valence-corrected chi connectivity index (χ3v) is 3.32. The molecule has 1 aromatic rings. The number of rotatable bonds is 5. The lowest BCUT2D eigenvalue weighted by molar-refractivity contribution is 0.203. The van der Waals surface area contributed by atoms with Gasteiger partial charge in [0.15, 0.2) is 0 Å². The molecule has 0 aliphatic heterocycles. The predicted molar refractivity (Wildman–Crippen MR) is 76.5 cm³/mol. The highest BCUT2D eigenvalue weighted by Gasteiger charge is 2.08. The van der Waals surface area contributed by atoms with Gasteiger partial charge in [0.25, 0.3) is 0 Å². The molecule has 0 spiro atoms. The Kier molecular flexibility index (Phi) is 6.30. The van der Waals surface area contributed by atoms with Crippen LogP contribution < -0.4 is 5.32 Å². The maximum Gasteiger partial charge on any atom is 0.317 e. The minimum Gasteiger partial charge on any atom is -0.338 e. The fourth-order valence-corrected chi connectivity index (χ4v) is 2.15. The summed E-state index contributed by atoms with van der Waals surface area (Å²) in [6, 6.07) is 5.36. The molecule has 1 aromatic carbocycles. The van der Waals surface area contributed by atoms with Crippen LogP contribution >= 0.6 is 23.2 Å². The molecule has 0 heterocycles. The molecule has 18 heavy (non-hydrogen) atoms. The van der Waals surface area contributed by atoms with E-state index in [1.54, 1.807) is 17.0 Å². The molecule has 0 saturated heterocycles. The van der Waals surface area contributed by atoms with Crippen LogP contribution in [-0.2, 0) is 6.42 Å². The third-order valence-electron chi connectivity index (χ3n) is 2.74. The summed E-state index contributed by atoms with van der Waals surface area (Å²) in [5.74, 6) is 0. The lowest BCUT2D eigenvalue weighted by Crippen LogP contribution is -2.40. The first-order chi connectivity index (χ1) is 8.58. The number of carbonyl (C=O) groups excluding carboxylic acids is 1. The standard InChI is InChI=1S/C13H18Cl2N2O/c1-3-17(4-2)13(18)16-8-7-10-5-6-11(14)9-12(10)15/h5-6,9H,3-4,7-8H2,1-2H3,(H,16,18). The van der Waals surface area contributed by atoms with Gasteiger partial charge in [0, 0.05) is 29.7 Å². The van der Waals surface area contributed by atoms with Crippen molar-refractivity contribution in [1.29, 1.82) is 0 Å². The molecule has 100 valence electrons. The molecular formula is C13H18Cl2N2O. The van der Waals surface area contributed by atoms with Gasteiger partial charge in [-0.25, -0.2) is 4.79 Å². The number of hydrogen-bond acceptors (Lipinski definition) is 1. The van der Waals surface area contributed by atoms with E-state index in [-0.39, 0.29) is 6.03 Å². The van der Waals surface area contributed by atoms with Crippen molar-refractivity contribution in [2.24, 2.45) is 0 Å². The number of halogens is 2. The van der Waals surface area contributed by atoms with Gasteiger partial charge in [0.1, 0.15) is 0 Å². The highest BCUT2D eigenvalue weighted by atomic mass is 35.5. The topological polar surface area (TPSA) is 32.3 Å². The molecule has 0 fully saturated rings. The number of nitrogens with zero attached hydrogens (tertiary/aromatic N) is 1. The van der Waals surface area contributed by atoms with Crippen LogP contribution in [0.5, 0.6) is 0 Å². The second-order valence-electron chi connectivity index (χ2n) is 3.89. The molecule has 0 saturated carbocycles.